The van der Waals surface area contributed by atoms with Crippen LogP contribution in [0.1, 0.15) is 5.56 Å². The first-order valence-electron chi connectivity index (χ1n) is 7.76. The quantitative estimate of drug-likeness (QED) is 0.497. The number of aromatic nitrogens is 2. The fraction of sp³-hybridized carbons (Fsp3) is 0.375. The van der Waals surface area contributed by atoms with Gasteiger partial charge in [0.2, 0.25) is 0 Å². The number of anilines is 2. The summed E-state index contributed by atoms with van der Waals surface area (Å²) in [5, 5.41) is 3.93. The highest BCUT2D eigenvalue weighted by Gasteiger charge is 2.14. The van der Waals surface area contributed by atoms with Crippen molar-refractivity contribution in [3.8, 4) is 0 Å². The molecule has 1 fully saturated rings. The largest absolute Gasteiger partial charge is 0.397 e. The van der Waals surface area contributed by atoms with Gasteiger partial charge in [-0.05, 0) is 30.8 Å². The van der Waals surface area contributed by atoms with Gasteiger partial charge in [0.05, 0.1) is 23.8 Å². The van der Waals surface area contributed by atoms with Gasteiger partial charge >= 0.3 is 0 Å². The first kappa shape index (κ1) is 15.4. The Morgan fingerprint density at radius 3 is 2.70 bits per heavy atom. The van der Waals surface area contributed by atoms with Crippen molar-refractivity contribution in [2.24, 2.45) is 4.99 Å². The number of hydrogen-bond donors (Lipinski definition) is 2. The van der Waals surface area contributed by atoms with E-state index in [0.717, 1.165) is 37.4 Å². The molecule has 1 aromatic heterocycles. The van der Waals surface area contributed by atoms with Crippen LogP contribution in [-0.2, 0) is 6.42 Å². The zero-order chi connectivity index (χ0) is 16.2. The molecule has 1 saturated heterocycles. The predicted molar refractivity (Wildman–Crippen MR) is 94.8 cm³/mol. The molecule has 0 spiro atoms. The van der Waals surface area contributed by atoms with Crippen molar-refractivity contribution in [3.63, 3.8) is 0 Å². The first-order chi connectivity index (χ1) is 11.1. The maximum Gasteiger partial charge on any atom is 0.0856 e. The first-order valence-corrected chi connectivity index (χ1v) is 7.76. The highest BCUT2D eigenvalue weighted by Crippen LogP contribution is 2.28. The smallest absolute Gasteiger partial charge is 0.0856 e. The van der Waals surface area contributed by atoms with Crippen LogP contribution < -0.4 is 16.5 Å². The summed E-state index contributed by atoms with van der Waals surface area (Å²) in [4.78, 5) is 10.4. The lowest BCUT2D eigenvalue weighted by Gasteiger charge is -2.34. The van der Waals surface area contributed by atoms with Crippen LogP contribution in [0.4, 0.5) is 17.1 Å². The second-order valence-corrected chi connectivity index (χ2v) is 5.88. The number of rotatable bonds is 4. The fourth-order valence-corrected chi connectivity index (χ4v) is 2.65. The number of benzene rings is 1. The Labute approximate surface area is 136 Å². The van der Waals surface area contributed by atoms with Crippen molar-refractivity contribution in [2.45, 2.75) is 6.42 Å². The molecule has 2 heterocycles. The standard InChI is InChI=1S/C16H23N7/c1-21-6-8-22(9-7-21)14-2-3-16(15(17)10-14)19-5-4-13-11-20-23(18)12-13/h2-3,5,10-12H,4,6-9,17-18H2,1H3. The second kappa shape index (κ2) is 6.70. The lowest BCUT2D eigenvalue weighted by atomic mass is 10.2. The van der Waals surface area contributed by atoms with E-state index in [-0.39, 0.29) is 0 Å². The number of piperazine rings is 1. The van der Waals surface area contributed by atoms with Gasteiger partial charge in [-0.1, -0.05) is 0 Å². The van der Waals surface area contributed by atoms with E-state index in [1.54, 1.807) is 12.4 Å². The molecular formula is C16H23N7. The lowest BCUT2D eigenvalue weighted by molar-refractivity contribution is 0.313. The molecule has 0 bridgehead atoms. The third-order valence-electron chi connectivity index (χ3n) is 4.09. The number of hydrogen-bond acceptors (Lipinski definition) is 6. The Bertz CT molecular complexity index is 683. The van der Waals surface area contributed by atoms with Crippen LogP contribution >= 0.6 is 0 Å². The molecule has 1 aromatic carbocycles. The Balaban J connectivity index is 1.64. The van der Waals surface area contributed by atoms with Crippen molar-refractivity contribution in [3.05, 3.63) is 36.2 Å². The minimum absolute atomic E-state index is 0.677. The van der Waals surface area contributed by atoms with Gasteiger partial charge in [0, 0.05) is 44.5 Å². The molecule has 7 heteroatoms. The summed E-state index contributed by atoms with van der Waals surface area (Å²) in [5.74, 6) is 5.52. The molecule has 4 N–H and O–H groups in total. The Hall–Kier alpha value is -2.54. The highest BCUT2D eigenvalue weighted by atomic mass is 15.5. The van der Waals surface area contributed by atoms with Gasteiger partial charge in [0.25, 0.3) is 0 Å². The van der Waals surface area contributed by atoms with E-state index in [2.05, 4.69) is 33.0 Å². The molecule has 0 amide bonds. The van der Waals surface area contributed by atoms with E-state index in [1.165, 1.54) is 10.5 Å². The van der Waals surface area contributed by atoms with Gasteiger partial charge < -0.3 is 21.4 Å². The van der Waals surface area contributed by atoms with E-state index in [1.807, 2.05) is 18.3 Å². The maximum atomic E-state index is 6.15. The molecule has 23 heavy (non-hydrogen) atoms. The summed E-state index contributed by atoms with van der Waals surface area (Å²) in [7, 11) is 2.15. The Morgan fingerprint density at radius 2 is 2.04 bits per heavy atom. The summed E-state index contributed by atoms with van der Waals surface area (Å²) in [6, 6.07) is 6.08. The summed E-state index contributed by atoms with van der Waals surface area (Å²) >= 11 is 0. The molecule has 3 rings (SSSR count). The Morgan fingerprint density at radius 1 is 1.26 bits per heavy atom. The molecular weight excluding hydrogens is 290 g/mol. The molecule has 122 valence electrons. The average molecular weight is 313 g/mol. The second-order valence-electron chi connectivity index (χ2n) is 5.88. The number of aliphatic imine (C=N–C) groups is 1. The van der Waals surface area contributed by atoms with Crippen molar-refractivity contribution in [1.29, 1.82) is 0 Å². The summed E-state index contributed by atoms with van der Waals surface area (Å²) in [6.07, 6.45) is 6.01. The van der Waals surface area contributed by atoms with Crippen LogP contribution in [0, 0.1) is 0 Å². The van der Waals surface area contributed by atoms with Crippen molar-refractivity contribution in [1.82, 2.24) is 14.8 Å². The predicted octanol–water partition coefficient (Wildman–Crippen LogP) is 0.876. The summed E-state index contributed by atoms with van der Waals surface area (Å²) in [6.45, 7) is 4.21. The molecule has 1 aliphatic rings. The third kappa shape index (κ3) is 3.81. The minimum atomic E-state index is 0.677. The Kier molecular flexibility index (Phi) is 4.47. The molecule has 0 radical (unpaired) electrons. The van der Waals surface area contributed by atoms with Gasteiger partial charge in [0.1, 0.15) is 0 Å². The third-order valence-corrected chi connectivity index (χ3v) is 4.09. The number of nitrogens with two attached hydrogens (primary N) is 2. The number of nitrogen functional groups attached to an aromatic ring is 2. The van der Waals surface area contributed by atoms with Crippen molar-refractivity contribution < 1.29 is 0 Å². The molecule has 1 aliphatic heterocycles. The van der Waals surface area contributed by atoms with E-state index in [9.17, 15) is 0 Å². The molecule has 0 atom stereocenters. The summed E-state index contributed by atoms with van der Waals surface area (Å²) < 4.78 is 0. The van der Waals surface area contributed by atoms with Crippen LogP contribution in [0.5, 0.6) is 0 Å². The van der Waals surface area contributed by atoms with Gasteiger partial charge in [0.15, 0.2) is 0 Å². The monoisotopic (exact) mass is 313 g/mol. The van der Waals surface area contributed by atoms with Crippen LogP contribution in [0.25, 0.3) is 0 Å². The SMILES string of the molecule is CN1CCN(c2ccc(N=CCc3cnn(N)c3)c(N)c2)CC1. The van der Waals surface area contributed by atoms with Crippen molar-refractivity contribution in [2.75, 3.05) is 49.7 Å². The average Bonchev–Trinajstić information content (AvgIpc) is 2.95. The molecule has 0 unspecified atom stereocenters. The highest BCUT2D eigenvalue weighted by molar-refractivity contribution is 5.75. The van der Waals surface area contributed by atoms with Gasteiger partial charge in [-0.15, -0.1) is 0 Å². The molecule has 0 saturated carbocycles. The zero-order valence-electron chi connectivity index (χ0n) is 13.4. The summed E-state index contributed by atoms with van der Waals surface area (Å²) in [5.41, 5.74) is 9.83. The zero-order valence-corrected chi connectivity index (χ0v) is 13.4. The normalized spacial score (nSPS) is 16.3. The van der Waals surface area contributed by atoms with Crippen LogP contribution in [0.3, 0.4) is 0 Å². The lowest BCUT2D eigenvalue weighted by Crippen LogP contribution is -2.44. The van der Waals surface area contributed by atoms with E-state index >= 15 is 0 Å². The van der Waals surface area contributed by atoms with E-state index in [4.69, 9.17) is 11.6 Å². The number of likely N-dealkylation sites (N-methyl/N-ethyl adjacent to an activating group) is 1. The minimum Gasteiger partial charge on any atom is -0.397 e. The van der Waals surface area contributed by atoms with Crippen molar-refractivity contribution >= 4 is 23.3 Å². The molecule has 0 aliphatic carbocycles. The van der Waals surface area contributed by atoms with Crippen LogP contribution in [-0.4, -0.2) is 54.2 Å². The van der Waals surface area contributed by atoms with Crippen LogP contribution in [0.15, 0.2) is 35.6 Å². The van der Waals surface area contributed by atoms with Gasteiger partial charge in [-0.3, -0.25) is 4.99 Å². The van der Waals surface area contributed by atoms with E-state index in [0.29, 0.717) is 12.1 Å². The number of nitrogens with zero attached hydrogens (tertiary/aromatic N) is 5. The van der Waals surface area contributed by atoms with Gasteiger partial charge in [-0.2, -0.15) is 9.89 Å². The van der Waals surface area contributed by atoms with Crippen LogP contribution in [0.2, 0.25) is 0 Å². The van der Waals surface area contributed by atoms with E-state index < -0.39 is 0 Å². The van der Waals surface area contributed by atoms with Gasteiger partial charge in [-0.25, -0.2) is 0 Å². The fourth-order valence-electron chi connectivity index (χ4n) is 2.65. The molecule has 7 nitrogen and oxygen atoms in total. The molecule has 2 aromatic rings. The maximum absolute atomic E-state index is 6.15. The topological polar surface area (TPSA) is 88.7 Å².